The number of carbonyl (C=O) groups excluding carboxylic acids is 1. The molecule has 1 fully saturated rings. The molecule has 0 bridgehead atoms. The summed E-state index contributed by atoms with van der Waals surface area (Å²) in [5.74, 6) is 0.833. The van der Waals surface area contributed by atoms with E-state index in [0.29, 0.717) is 46.0 Å². The highest BCUT2D eigenvalue weighted by molar-refractivity contribution is 5.45. The molecule has 0 aliphatic carbocycles. The van der Waals surface area contributed by atoms with Gasteiger partial charge in [0.1, 0.15) is 0 Å². The molecule has 0 spiro atoms. The lowest BCUT2D eigenvalue weighted by molar-refractivity contribution is -0.109. The molecule has 1 heterocycles. The van der Waals surface area contributed by atoms with Gasteiger partial charge in [0, 0.05) is 39.3 Å². The summed E-state index contributed by atoms with van der Waals surface area (Å²) in [7, 11) is 0. The minimum atomic E-state index is 0.518. The fraction of sp³-hybridized carbons (Fsp3) is 0.952. The molecule has 7 nitrogen and oxygen atoms in total. The number of ether oxygens (including phenoxy) is 3. The minimum Gasteiger partial charge on any atom is -0.378 e. The normalized spacial score (nSPS) is 14.7. The van der Waals surface area contributed by atoms with Crippen LogP contribution in [0.15, 0.2) is 0 Å². The summed E-state index contributed by atoms with van der Waals surface area (Å²) < 4.78 is 16.2. The Labute approximate surface area is 174 Å². The van der Waals surface area contributed by atoms with Crippen LogP contribution in [0.4, 0.5) is 0 Å². The summed E-state index contributed by atoms with van der Waals surface area (Å²) in [5, 5.41) is 2.53. The summed E-state index contributed by atoms with van der Waals surface area (Å²) in [6.07, 6.45) is 0.668. The first-order chi connectivity index (χ1) is 13.6. The average Bonchev–Trinajstić information content (AvgIpc) is 2.70. The number of rotatable bonds is 14. The molecule has 0 aromatic heterocycles. The molecular weight excluding hydrogens is 358 g/mol. The molecule has 7 heteroatoms. The zero-order valence-corrected chi connectivity index (χ0v) is 19.4. The van der Waals surface area contributed by atoms with Crippen molar-refractivity contribution < 1.29 is 19.0 Å². The number of amides is 1. The Morgan fingerprint density at radius 1 is 0.821 bits per heavy atom. The SMILES string of the molecule is CC.CC(C)C.CCN1CCN(CCOCCOCCOCCNC=O)CC1. The van der Waals surface area contributed by atoms with Crippen LogP contribution >= 0.6 is 0 Å². The summed E-state index contributed by atoms with van der Waals surface area (Å²) in [6.45, 7) is 23.6. The van der Waals surface area contributed by atoms with E-state index in [-0.39, 0.29) is 0 Å². The first kappa shape index (κ1) is 29.5. The van der Waals surface area contributed by atoms with E-state index in [0.717, 1.165) is 38.7 Å². The molecule has 1 saturated heterocycles. The van der Waals surface area contributed by atoms with Crippen LogP contribution < -0.4 is 5.32 Å². The highest BCUT2D eigenvalue weighted by Gasteiger charge is 2.14. The van der Waals surface area contributed by atoms with Crippen molar-refractivity contribution in [1.29, 1.82) is 0 Å². The Kier molecular flexibility index (Phi) is 25.6. The van der Waals surface area contributed by atoms with Gasteiger partial charge in [0.15, 0.2) is 0 Å². The fourth-order valence-electron chi connectivity index (χ4n) is 2.25. The monoisotopic (exact) mass is 405 g/mol. The maximum atomic E-state index is 9.98. The molecule has 0 radical (unpaired) electrons. The van der Waals surface area contributed by atoms with Crippen LogP contribution in [0.25, 0.3) is 0 Å². The smallest absolute Gasteiger partial charge is 0.207 e. The van der Waals surface area contributed by atoms with E-state index in [1.807, 2.05) is 13.8 Å². The number of nitrogens with one attached hydrogen (secondary N) is 1. The summed E-state index contributed by atoms with van der Waals surface area (Å²) in [5.41, 5.74) is 0. The lowest BCUT2D eigenvalue weighted by Crippen LogP contribution is -2.47. The Hall–Kier alpha value is -0.730. The van der Waals surface area contributed by atoms with Gasteiger partial charge in [-0.05, 0) is 12.5 Å². The molecule has 1 aliphatic heterocycles. The second kappa shape index (κ2) is 24.3. The maximum absolute atomic E-state index is 9.98. The molecule has 1 N–H and O–H groups in total. The molecule has 0 aromatic rings. The van der Waals surface area contributed by atoms with Crippen LogP contribution in [0.5, 0.6) is 0 Å². The van der Waals surface area contributed by atoms with Crippen molar-refractivity contribution in [3.05, 3.63) is 0 Å². The predicted molar refractivity (Wildman–Crippen MR) is 117 cm³/mol. The Morgan fingerprint density at radius 2 is 1.25 bits per heavy atom. The standard InChI is InChI=1S/C15H31N3O4.C4H10.C2H6/c1-2-17-4-6-18(7-5-17)8-10-21-12-14-22-13-11-20-9-3-16-15-19;1-4(2)3;1-2/h15H,2-14H2,1H3,(H,16,19);4H,1-3H3;1-2H3. The summed E-state index contributed by atoms with van der Waals surface area (Å²) in [4.78, 5) is 14.9. The van der Waals surface area contributed by atoms with E-state index in [1.54, 1.807) is 0 Å². The third kappa shape index (κ3) is 23.3. The minimum absolute atomic E-state index is 0.518. The lowest BCUT2D eigenvalue weighted by Gasteiger charge is -2.33. The van der Waals surface area contributed by atoms with E-state index < -0.39 is 0 Å². The van der Waals surface area contributed by atoms with Gasteiger partial charge in [-0.25, -0.2) is 0 Å². The Morgan fingerprint density at radius 3 is 1.71 bits per heavy atom. The van der Waals surface area contributed by atoms with Crippen LogP contribution in [0.3, 0.4) is 0 Å². The Balaban J connectivity index is 0. The van der Waals surface area contributed by atoms with Crippen molar-refractivity contribution in [3.63, 3.8) is 0 Å². The summed E-state index contributed by atoms with van der Waals surface area (Å²) in [6, 6.07) is 0. The topological polar surface area (TPSA) is 63.3 Å². The second-order valence-electron chi connectivity index (χ2n) is 6.92. The molecule has 28 heavy (non-hydrogen) atoms. The second-order valence-corrected chi connectivity index (χ2v) is 6.92. The predicted octanol–water partition coefficient (Wildman–Crippen LogP) is 2.11. The van der Waals surface area contributed by atoms with Crippen molar-refractivity contribution >= 4 is 6.41 Å². The van der Waals surface area contributed by atoms with E-state index in [2.05, 4.69) is 42.8 Å². The van der Waals surface area contributed by atoms with Crippen molar-refractivity contribution in [2.45, 2.75) is 41.5 Å². The highest BCUT2D eigenvalue weighted by Crippen LogP contribution is 2.00. The van der Waals surface area contributed by atoms with Crippen LogP contribution in [0.2, 0.25) is 0 Å². The van der Waals surface area contributed by atoms with Crippen molar-refractivity contribution in [3.8, 4) is 0 Å². The largest absolute Gasteiger partial charge is 0.378 e. The number of likely N-dealkylation sites (N-methyl/N-ethyl adjacent to an activating group) is 1. The van der Waals surface area contributed by atoms with Gasteiger partial charge in [0.2, 0.25) is 6.41 Å². The van der Waals surface area contributed by atoms with Crippen LogP contribution in [-0.2, 0) is 19.0 Å². The van der Waals surface area contributed by atoms with E-state index in [1.165, 1.54) is 13.1 Å². The van der Waals surface area contributed by atoms with E-state index in [9.17, 15) is 4.79 Å². The number of hydrogen-bond acceptors (Lipinski definition) is 6. The fourth-order valence-corrected chi connectivity index (χ4v) is 2.25. The molecule has 1 rings (SSSR count). The third-order valence-corrected chi connectivity index (χ3v) is 3.68. The zero-order valence-electron chi connectivity index (χ0n) is 19.4. The maximum Gasteiger partial charge on any atom is 0.207 e. The van der Waals surface area contributed by atoms with Gasteiger partial charge in [-0.1, -0.05) is 41.5 Å². The van der Waals surface area contributed by atoms with Gasteiger partial charge in [-0.2, -0.15) is 0 Å². The van der Waals surface area contributed by atoms with Crippen molar-refractivity contribution in [2.24, 2.45) is 5.92 Å². The van der Waals surface area contributed by atoms with Gasteiger partial charge >= 0.3 is 0 Å². The lowest BCUT2D eigenvalue weighted by atomic mass is 10.3. The Bertz CT molecular complexity index is 297. The molecule has 1 aliphatic rings. The molecule has 0 atom stereocenters. The molecular formula is C21H47N3O4. The van der Waals surface area contributed by atoms with E-state index in [4.69, 9.17) is 14.2 Å². The first-order valence-corrected chi connectivity index (χ1v) is 10.9. The van der Waals surface area contributed by atoms with Crippen LogP contribution in [0.1, 0.15) is 41.5 Å². The van der Waals surface area contributed by atoms with E-state index >= 15 is 0 Å². The molecule has 0 unspecified atom stereocenters. The van der Waals surface area contributed by atoms with Gasteiger partial charge in [0.05, 0.1) is 39.6 Å². The number of piperazine rings is 1. The van der Waals surface area contributed by atoms with Gasteiger partial charge in [-0.15, -0.1) is 0 Å². The highest BCUT2D eigenvalue weighted by atomic mass is 16.5. The number of nitrogens with zero attached hydrogens (tertiary/aromatic N) is 2. The van der Waals surface area contributed by atoms with Crippen LogP contribution in [-0.4, -0.2) is 102 Å². The number of carbonyl (C=O) groups is 1. The quantitative estimate of drug-likeness (QED) is 0.353. The van der Waals surface area contributed by atoms with Gasteiger partial charge in [-0.3, -0.25) is 9.69 Å². The van der Waals surface area contributed by atoms with Gasteiger partial charge < -0.3 is 24.4 Å². The average molecular weight is 406 g/mol. The first-order valence-electron chi connectivity index (χ1n) is 10.9. The molecule has 0 aromatic carbocycles. The summed E-state index contributed by atoms with van der Waals surface area (Å²) >= 11 is 0. The molecule has 0 saturated carbocycles. The van der Waals surface area contributed by atoms with Crippen molar-refractivity contribution in [2.75, 3.05) is 85.5 Å². The molecule has 1 amide bonds. The van der Waals surface area contributed by atoms with Gasteiger partial charge in [0.25, 0.3) is 0 Å². The molecule has 170 valence electrons. The zero-order chi connectivity index (χ0) is 21.5. The van der Waals surface area contributed by atoms with Crippen LogP contribution in [0, 0.1) is 5.92 Å². The number of hydrogen-bond donors (Lipinski definition) is 1. The third-order valence-electron chi connectivity index (χ3n) is 3.68. The van der Waals surface area contributed by atoms with Crippen molar-refractivity contribution in [1.82, 2.24) is 15.1 Å².